The number of pyridine rings is 1. The number of benzene rings is 1. The summed E-state index contributed by atoms with van der Waals surface area (Å²) in [5.74, 6) is 1.01. The Labute approximate surface area is 188 Å². The average Bonchev–Trinajstić information content (AvgIpc) is 3.41. The lowest BCUT2D eigenvalue weighted by atomic mass is 9.94. The topological polar surface area (TPSA) is 77.8 Å². The van der Waals surface area contributed by atoms with Gasteiger partial charge in [0.15, 0.2) is 0 Å². The van der Waals surface area contributed by atoms with E-state index in [9.17, 15) is 0 Å². The minimum absolute atomic E-state index is 0.267. The summed E-state index contributed by atoms with van der Waals surface area (Å²) in [6.45, 7) is 6.22. The van der Waals surface area contributed by atoms with Crippen molar-refractivity contribution in [2.24, 2.45) is 19.8 Å². The molecule has 0 radical (unpaired) electrons. The van der Waals surface area contributed by atoms with Gasteiger partial charge in [0.25, 0.3) is 0 Å². The highest BCUT2D eigenvalue weighted by molar-refractivity contribution is 6.01. The van der Waals surface area contributed by atoms with E-state index in [1.165, 1.54) is 16.5 Å². The molecule has 0 aliphatic carbocycles. The molecule has 1 saturated heterocycles. The van der Waals surface area contributed by atoms with E-state index in [4.69, 9.17) is 15.8 Å². The normalized spacial score (nSPS) is 15.1. The quantitative estimate of drug-likeness (QED) is 0.533. The molecule has 1 aliphatic heterocycles. The molecule has 7 nitrogen and oxygen atoms in total. The summed E-state index contributed by atoms with van der Waals surface area (Å²) in [6, 6.07) is 8.98. The number of piperidine rings is 1. The van der Waals surface area contributed by atoms with Crippen LogP contribution in [0.3, 0.4) is 0 Å². The van der Waals surface area contributed by atoms with Crippen molar-refractivity contribution in [3.8, 4) is 22.5 Å². The summed E-state index contributed by atoms with van der Waals surface area (Å²) in [5, 5.41) is 10.4. The molecule has 0 spiro atoms. The van der Waals surface area contributed by atoms with E-state index in [1.54, 1.807) is 0 Å². The van der Waals surface area contributed by atoms with Crippen LogP contribution in [0.4, 0.5) is 5.82 Å². The van der Waals surface area contributed by atoms with Crippen LogP contribution in [0.5, 0.6) is 0 Å². The van der Waals surface area contributed by atoms with Gasteiger partial charge in [-0.05, 0) is 61.6 Å². The Morgan fingerprint density at radius 1 is 1.12 bits per heavy atom. The van der Waals surface area contributed by atoms with Crippen molar-refractivity contribution in [3.05, 3.63) is 47.8 Å². The number of aromatic nitrogens is 5. The Balaban J connectivity index is 1.82. The van der Waals surface area contributed by atoms with Gasteiger partial charge >= 0.3 is 0 Å². The monoisotopic (exact) mass is 429 g/mol. The van der Waals surface area contributed by atoms with Crippen LogP contribution in [-0.2, 0) is 20.5 Å². The molecular formula is C25H31N7. The molecule has 1 fully saturated rings. The molecule has 5 rings (SSSR count). The predicted octanol–water partition coefficient (Wildman–Crippen LogP) is 3.83. The summed E-state index contributed by atoms with van der Waals surface area (Å²) in [7, 11) is 3.95. The van der Waals surface area contributed by atoms with Gasteiger partial charge in [-0.1, -0.05) is 6.92 Å². The Kier molecular flexibility index (Phi) is 5.21. The maximum absolute atomic E-state index is 6.21. The first-order valence-corrected chi connectivity index (χ1v) is 11.4. The fourth-order valence-electron chi connectivity index (χ4n) is 4.80. The van der Waals surface area contributed by atoms with Gasteiger partial charge < -0.3 is 10.6 Å². The number of nitrogens with zero attached hydrogens (tertiary/aromatic N) is 6. The van der Waals surface area contributed by atoms with Gasteiger partial charge in [-0.25, -0.2) is 4.98 Å². The van der Waals surface area contributed by atoms with Crippen molar-refractivity contribution in [1.29, 1.82) is 0 Å². The van der Waals surface area contributed by atoms with Gasteiger partial charge in [0.05, 0.1) is 16.9 Å². The fraction of sp³-hybridized carbons (Fsp3) is 0.400. The van der Waals surface area contributed by atoms with E-state index in [2.05, 4.69) is 48.1 Å². The molecule has 166 valence electrons. The molecule has 1 aliphatic rings. The molecule has 0 unspecified atom stereocenters. The first-order valence-electron chi connectivity index (χ1n) is 11.4. The maximum Gasteiger partial charge on any atom is 0.139 e. The standard InChI is InChI=1S/C25H31N7/c1-5-17-14-19-16(2)23(21-9-11-30(3)29-21)25(32-12-7-18(26)8-13-32)28-24(19)20(15-17)22-6-10-27-31(22)4/h6,9-11,14-15,18H,5,7-8,12-13,26H2,1-4H3. The minimum atomic E-state index is 0.267. The van der Waals surface area contributed by atoms with Gasteiger partial charge in [-0.15, -0.1) is 0 Å². The van der Waals surface area contributed by atoms with Crippen molar-refractivity contribution in [2.75, 3.05) is 18.0 Å². The van der Waals surface area contributed by atoms with Crippen LogP contribution >= 0.6 is 0 Å². The number of hydrogen-bond donors (Lipinski definition) is 1. The second kappa shape index (κ2) is 8.06. The molecule has 0 saturated carbocycles. The number of anilines is 1. The van der Waals surface area contributed by atoms with Crippen molar-refractivity contribution in [1.82, 2.24) is 24.5 Å². The van der Waals surface area contributed by atoms with Crippen LogP contribution in [0.2, 0.25) is 0 Å². The highest BCUT2D eigenvalue weighted by Gasteiger charge is 2.25. The highest BCUT2D eigenvalue weighted by Crippen LogP contribution is 2.40. The van der Waals surface area contributed by atoms with Crippen molar-refractivity contribution < 1.29 is 0 Å². The molecular weight excluding hydrogens is 398 g/mol. The van der Waals surface area contributed by atoms with Crippen LogP contribution in [0.25, 0.3) is 33.4 Å². The smallest absolute Gasteiger partial charge is 0.139 e. The summed E-state index contributed by atoms with van der Waals surface area (Å²) in [6.07, 6.45) is 6.76. The molecule has 32 heavy (non-hydrogen) atoms. The van der Waals surface area contributed by atoms with Crippen molar-refractivity contribution in [3.63, 3.8) is 0 Å². The van der Waals surface area contributed by atoms with Crippen LogP contribution < -0.4 is 10.6 Å². The third-order valence-electron chi connectivity index (χ3n) is 6.70. The molecule has 1 aromatic carbocycles. The number of hydrogen-bond acceptors (Lipinski definition) is 5. The Morgan fingerprint density at radius 3 is 2.53 bits per heavy atom. The Bertz CT molecular complexity index is 1280. The first kappa shape index (κ1) is 20.7. The fourth-order valence-corrected chi connectivity index (χ4v) is 4.80. The highest BCUT2D eigenvalue weighted by atomic mass is 15.3. The predicted molar refractivity (Wildman–Crippen MR) is 130 cm³/mol. The molecule has 0 amide bonds. The molecule has 0 atom stereocenters. The van der Waals surface area contributed by atoms with Gasteiger partial charge in [0, 0.05) is 62.1 Å². The first-order chi connectivity index (χ1) is 15.5. The number of rotatable bonds is 4. The van der Waals surface area contributed by atoms with Gasteiger partial charge in [0.1, 0.15) is 5.82 Å². The number of aryl methyl sites for hydroxylation is 4. The van der Waals surface area contributed by atoms with Gasteiger partial charge in [-0.3, -0.25) is 9.36 Å². The lowest BCUT2D eigenvalue weighted by Crippen LogP contribution is -2.40. The summed E-state index contributed by atoms with van der Waals surface area (Å²) >= 11 is 0. The van der Waals surface area contributed by atoms with Crippen LogP contribution in [0, 0.1) is 6.92 Å². The molecule has 4 heterocycles. The second-order valence-corrected chi connectivity index (χ2v) is 8.87. The SMILES string of the molecule is CCc1cc(-c2ccnn2C)c2nc(N3CCC(N)CC3)c(-c3ccn(C)n3)c(C)c2c1. The Hall–Kier alpha value is -3.19. The van der Waals surface area contributed by atoms with Crippen LogP contribution in [0.1, 0.15) is 30.9 Å². The molecule has 3 aromatic heterocycles. The summed E-state index contributed by atoms with van der Waals surface area (Å²) in [4.78, 5) is 7.73. The summed E-state index contributed by atoms with van der Waals surface area (Å²) < 4.78 is 3.79. The average molecular weight is 430 g/mol. The maximum atomic E-state index is 6.21. The zero-order chi connectivity index (χ0) is 22.4. The largest absolute Gasteiger partial charge is 0.356 e. The lowest BCUT2D eigenvalue weighted by molar-refractivity contribution is 0.499. The molecule has 7 heteroatoms. The van der Waals surface area contributed by atoms with Gasteiger partial charge in [0.2, 0.25) is 0 Å². The third kappa shape index (κ3) is 3.46. The summed E-state index contributed by atoms with van der Waals surface area (Å²) in [5.41, 5.74) is 14.0. The van der Waals surface area contributed by atoms with E-state index in [0.29, 0.717) is 0 Å². The van der Waals surface area contributed by atoms with Gasteiger partial charge in [-0.2, -0.15) is 10.2 Å². The van der Waals surface area contributed by atoms with Crippen molar-refractivity contribution >= 4 is 16.7 Å². The minimum Gasteiger partial charge on any atom is -0.356 e. The zero-order valence-electron chi connectivity index (χ0n) is 19.3. The molecule has 0 bridgehead atoms. The Morgan fingerprint density at radius 2 is 1.91 bits per heavy atom. The van der Waals surface area contributed by atoms with E-state index in [0.717, 1.165) is 66.2 Å². The van der Waals surface area contributed by atoms with E-state index < -0.39 is 0 Å². The van der Waals surface area contributed by atoms with E-state index in [1.807, 2.05) is 35.9 Å². The molecule has 2 N–H and O–H groups in total. The van der Waals surface area contributed by atoms with Crippen LogP contribution in [0.15, 0.2) is 36.7 Å². The third-order valence-corrected chi connectivity index (χ3v) is 6.70. The van der Waals surface area contributed by atoms with E-state index in [-0.39, 0.29) is 6.04 Å². The van der Waals surface area contributed by atoms with Crippen molar-refractivity contribution in [2.45, 2.75) is 39.2 Å². The lowest BCUT2D eigenvalue weighted by Gasteiger charge is -2.33. The number of fused-ring (bicyclic) bond motifs is 1. The second-order valence-electron chi connectivity index (χ2n) is 8.87. The van der Waals surface area contributed by atoms with E-state index >= 15 is 0 Å². The zero-order valence-corrected chi connectivity index (χ0v) is 19.3. The molecule has 4 aromatic rings. The van der Waals surface area contributed by atoms with Crippen LogP contribution in [-0.4, -0.2) is 43.7 Å². The number of nitrogens with two attached hydrogens (primary N) is 1.